The number of rotatable bonds is 7. The van der Waals surface area contributed by atoms with Crippen molar-refractivity contribution in [1.82, 2.24) is 10.2 Å². The molecular weight excluding hydrogens is 224 g/mol. The van der Waals surface area contributed by atoms with Gasteiger partial charge in [-0.15, -0.1) is 0 Å². The SMILES string of the molecule is CC(C)CNCC1CCCCN1CCC(C)(C)O. The summed E-state index contributed by atoms with van der Waals surface area (Å²) in [7, 11) is 0. The average Bonchev–Trinajstić information content (AvgIpc) is 2.26. The molecule has 1 saturated heterocycles. The lowest BCUT2D eigenvalue weighted by Gasteiger charge is -2.37. The molecule has 1 aliphatic rings. The summed E-state index contributed by atoms with van der Waals surface area (Å²) in [6.45, 7) is 12.7. The Labute approximate surface area is 113 Å². The minimum absolute atomic E-state index is 0.534. The summed E-state index contributed by atoms with van der Waals surface area (Å²) in [5.41, 5.74) is -0.534. The van der Waals surface area contributed by atoms with Crippen molar-refractivity contribution >= 4 is 0 Å². The van der Waals surface area contributed by atoms with Gasteiger partial charge in [-0.05, 0) is 52.1 Å². The molecule has 18 heavy (non-hydrogen) atoms. The largest absolute Gasteiger partial charge is 0.390 e. The molecule has 1 aliphatic heterocycles. The Hall–Kier alpha value is -0.120. The molecule has 0 radical (unpaired) electrons. The van der Waals surface area contributed by atoms with Gasteiger partial charge < -0.3 is 10.4 Å². The Morgan fingerprint density at radius 3 is 2.67 bits per heavy atom. The number of likely N-dealkylation sites (tertiary alicyclic amines) is 1. The van der Waals surface area contributed by atoms with Crippen LogP contribution in [0.4, 0.5) is 0 Å². The highest BCUT2D eigenvalue weighted by Gasteiger charge is 2.23. The molecule has 0 spiro atoms. The minimum Gasteiger partial charge on any atom is -0.390 e. The Morgan fingerprint density at radius 2 is 2.06 bits per heavy atom. The van der Waals surface area contributed by atoms with E-state index in [2.05, 4.69) is 24.1 Å². The topological polar surface area (TPSA) is 35.5 Å². The highest BCUT2D eigenvalue weighted by molar-refractivity contribution is 4.80. The zero-order valence-corrected chi connectivity index (χ0v) is 12.7. The van der Waals surface area contributed by atoms with Crippen molar-refractivity contribution < 1.29 is 5.11 Å². The van der Waals surface area contributed by atoms with E-state index in [9.17, 15) is 5.11 Å². The second-order valence-electron chi connectivity index (χ2n) is 6.80. The van der Waals surface area contributed by atoms with E-state index in [1.165, 1.54) is 25.8 Å². The predicted molar refractivity (Wildman–Crippen MR) is 77.8 cm³/mol. The molecule has 0 amide bonds. The summed E-state index contributed by atoms with van der Waals surface area (Å²) >= 11 is 0. The summed E-state index contributed by atoms with van der Waals surface area (Å²) in [6.07, 6.45) is 4.84. The van der Waals surface area contributed by atoms with Crippen LogP contribution < -0.4 is 5.32 Å². The molecule has 0 aromatic rings. The van der Waals surface area contributed by atoms with E-state index in [-0.39, 0.29) is 0 Å². The maximum absolute atomic E-state index is 9.84. The normalized spacial score (nSPS) is 22.7. The van der Waals surface area contributed by atoms with Gasteiger partial charge in [-0.3, -0.25) is 4.90 Å². The van der Waals surface area contributed by atoms with E-state index < -0.39 is 5.60 Å². The van der Waals surface area contributed by atoms with Gasteiger partial charge in [-0.2, -0.15) is 0 Å². The van der Waals surface area contributed by atoms with Crippen molar-refractivity contribution in [3.8, 4) is 0 Å². The van der Waals surface area contributed by atoms with E-state index in [4.69, 9.17) is 0 Å². The van der Waals surface area contributed by atoms with Crippen LogP contribution in [0.5, 0.6) is 0 Å². The molecule has 1 fully saturated rings. The van der Waals surface area contributed by atoms with Crippen LogP contribution in [0.1, 0.15) is 53.4 Å². The summed E-state index contributed by atoms with van der Waals surface area (Å²) in [6, 6.07) is 0.667. The van der Waals surface area contributed by atoms with Crippen LogP contribution in [-0.2, 0) is 0 Å². The van der Waals surface area contributed by atoms with Crippen LogP contribution >= 0.6 is 0 Å². The van der Waals surface area contributed by atoms with E-state index in [0.29, 0.717) is 6.04 Å². The number of nitrogens with one attached hydrogen (secondary N) is 1. The van der Waals surface area contributed by atoms with Gasteiger partial charge >= 0.3 is 0 Å². The van der Waals surface area contributed by atoms with E-state index in [0.717, 1.165) is 32.0 Å². The molecule has 1 unspecified atom stereocenters. The molecule has 0 saturated carbocycles. The number of hydrogen-bond donors (Lipinski definition) is 2. The third-order valence-corrected chi connectivity index (χ3v) is 3.69. The van der Waals surface area contributed by atoms with Crippen molar-refractivity contribution in [1.29, 1.82) is 0 Å². The third kappa shape index (κ3) is 6.72. The first kappa shape index (κ1) is 15.9. The Balaban J connectivity index is 2.32. The summed E-state index contributed by atoms with van der Waals surface area (Å²) in [4.78, 5) is 2.56. The zero-order valence-electron chi connectivity index (χ0n) is 12.7. The average molecular weight is 256 g/mol. The molecule has 0 aromatic carbocycles. The molecule has 2 N–H and O–H groups in total. The maximum Gasteiger partial charge on any atom is 0.0603 e. The second-order valence-corrected chi connectivity index (χ2v) is 6.80. The molecule has 1 heterocycles. The standard InChI is InChI=1S/C15H32N2O/c1-13(2)11-16-12-14-7-5-6-9-17(14)10-8-15(3,4)18/h13-14,16,18H,5-12H2,1-4H3. The third-order valence-electron chi connectivity index (χ3n) is 3.69. The molecule has 3 nitrogen and oxygen atoms in total. The number of piperidine rings is 1. The van der Waals surface area contributed by atoms with Crippen LogP contribution in [0.15, 0.2) is 0 Å². The van der Waals surface area contributed by atoms with Crippen molar-refractivity contribution in [2.75, 3.05) is 26.2 Å². The molecule has 0 bridgehead atoms. The molecule has 0 aromatic heterocycles. The van der Waals surface area contributed by atoms with Gasteiger partial charge in [0.25, 0.3) is 0 Å². The lowest BCUT2D eigenvalue weighted by molar-refractivity contribution is 0.0441. The lowest BCUT2D eigenvalue weighted by atomic mass is 9.99. The van der Waals surface area contributed by atoms with E-state index in [1.807, 2.05) is 13.8 Å². The highest BCUT2D eigenvalue weighted by Crippen LogP contribution is 2.19. The number of hydrogen-bond acceptors (Lipinski definition) is 3. The molecule has 108 valence electrons. The number of nitrogens with zero attached hydrogens (tertiary/aromatic N) is 1. The van der Waals surface area contributed by atoms with Gasteiger partial charge in [0.1, 0.15) is 0 Å². The highest BCUT2D eigenvalue weighted by atomic mass is 16.3. The summed E-state index contributed by atoms with van der Waals surface area (Å²) in [5.74, 6) is 0.721. The summed E-state index contributed by atoms with van der Waals surface area (Å²) < 4.78 is 0. The van der Waals surface area contributed by atoms with Gasteiger partial charge in [-0.1, -0.05) is 20.3 Å². The fraction of sp³-hybridized carbons (Fsp3) is 1.00. The first-order chi connectivity index (χ1) is 8.38. The first-order valence-electron chi connectivity index (χ1n) is 7.55. The van der Waals surface area contributed by atoms with Crippen molar-refractivity contribution in [2.24, 2.45) is 5.92 Å². The van der Waals surface area contributed by atoms with Crippen LogP contribution in [0.25, 0.3) is 0 Å². The van der Waals surface area contributed by atoms with Crippen molar-refractivity contribution in [3.63, 3.8) is 0 Å². The number of aliphatic hydroxyl groups is 1. The van der Waals surface area contributed by atoms with Gasteiger partial charge in [0.15, 0.2) is 0 Å². The van der Waals surface area contributed by atoms with Crippen molar-refractivity contribution in [3.05, 3.63) is 0 Å². The Kier molecular flexibility index (Phi) is 6.61. The van der Waals surface area contributed by atoms with Gasteiger partial charge in [0, 0.05) is 19.1 Å². The first-order valence-corrected chi connectivity index (χ1v) is 7.55. The van der Waals surface area contributed by atoms with Gasteiger partial charge in [0.2, 0.25) is 0 Å². The molecule has 0 aliphatic carbocycles. The zero-order chi connectivity index (χ0) is 13.6. The van der Waals surface area contributed by atoms with Gasteiger partial charge in [0.05, 0.1) is 5.60 Å². The molecular formula is C15H32N2O. The monoisotopic (exact) mass is 256 g/mol. The quantitative estimate of drug-likeness (QED) is 0.733. The predicted octanol–water partition coefficient (Wildman–Crippen LogP) is 2.25. The van der Waals surface area contributed by atoms with E-state index >= 15 is 0 Å². The van der Waals surface area contributed by atoms with Crippen LogP contribution in [0, 0.1) is 5.92 Å². The van der Waals surface area contributed by atoms with Crippen LogP contribution in [0.2, 0.25) is 0 Å². The summed E-state index contributed by atoms with van der Waals surface area (Å²) in [5, 5.41) is 13.4. The van der Waals surface area contributed by atoms with Crippen LogP contribution in [-0.4, -0.2) is 47.8 Å². The van der Waals surface area contributed by atoms with E-state index in [1.54, 1.807) is 0 Å². The fourth-order valence-electron chi connectivity index (χ4n) is 2.54. The smallest absolute Gasteiger partial charge is 0.0603 e. The molecule has 1 atom stereocenters. The minimum atomic E-state index is -0.534. The lowest BCUT2D eigenvalue weighted by Crippen LogP contribution is -2.47. The maximum atomic E-state index is 9.84. The Morgan fingerprint density at radius 1 is 1.33 bits per heavy atom. The van der Waals surface area contributed by atoms with Crippen LogP contribution in [0.3, 0.4) is 0 Å². The Bertz CT molecular complexity index is 223. The fourth-order valence-corrected chi connectivity index (χ4v) is 2.54. The van der Waals surface area contributed by atoms with Crippen molar-refractivity contribution in [2.45, 2.75) is 65.0 Å². The second kappa shape index (κ2) is 7.46. The molecule has 1 rings (SSSR count). The van der Waals surface area contributed by atoms with Gasteiger partial charge in [-0.25, -0.2) is 0 Å². The molecule has 3 heteroatoms.